The highest BCUT2D eigenvalue weighted by Crippen LogP contribution is 2.29. The number of benzene rings is 2. The second-order valence-electron chi connectivity index (χ2n) is 8.33. The van der Waals surface area contributed by atoms with Crippen molar-refractivity contribution in [2.45, 2.75) is 52.5 Å². The summed E-state index contributed by atoms with van der Waals surface area (Å²) in [7, 11) is 1.63. The lowest BCUT2D eigenvalue weighted by Crippen LogP contribution is -2.38. The van der Waals surface area contributed by atoms with Gasteiger partial charge in [-0.2, -0.15) is 9.37 Å². The normalized spacial score (nSPS) is 18.3. The van der Waals surface area contributed by atoms with Crippen molar-refractivity contribution in [1.82, 2.24) is 0 Å². The van der Waals surface area contributed by atoms with Gasteiger partial charge in [-0.3, -0.25) is 4.79 Å². The molecule has 162 valence electrons. The van der Waals surface area contributed by atoms with Gasteiger partial charge in [0.25, 0.3) is 0 Å². The van der Waals surface area contributed by atoms with E-state index in [4.69, 9.17) is 4.74 Å². The van der Waals surface area contributed by atoms with Crippen LogP contribution in [0.3, 0.4) is 0 Å². The molecular weight excluding hydrogens is 390 g/mol. The quantitative estimate of drug-likeness (QED) is 0.692. The van der Waals surface area contributed by atoms with Crippen molar-refractivity contribution in [3.63, 3.8) is 0 Å². The van der Waals surface area contributed by atoms with Gasteiger partial charge in [-0.1, -0.05) is 25.1 Å². The van der Waals surface area contributed by atoms with E-state index >= 15 is 0 Å². The largest absolute Gasteiger partial charge is 0.496 e. The molecule has 3 amide bonds. The maximum atomic E-state index is 12.8. The fraction of sp³-hybridized carbons (Fsp3) is 0.400. The van der Waals surface area contributed by atoms with Gasteiger partial charge < -0.3 is 10.1 Å². The minimum absolute atomic E-state index is 0.0340. The molecule has 2 N–H and O–H groups in total. The minimum Gasteiger partial charge on any atom is -0.496 e. The van der Waals surface area contributed by atoms with Crippen LogP contribution in [0, 0.1) is 12.8 Å². The zero-order chi connectivity index (χ0) is 22.0. The maximum absolute atomic E-state index is 12.8. The first-order chi connectivity index (χ1) is 15.0. The summed E-state index contributed by atoms with van der Waals surface area (Å²) in [4.78, 5) is 25.5. The zero-order valence-electron chi connectivity index (χ0n) is 18.5. The van der Waals surface area contributed by atoms with Crippen LogP contribution in [-0.2, 0) is 17.8 Å². The molecule has 0 bridgehead atoms. The van der Waals surface area contributed by atoms with Crippen LogP contribution in [0.15, 0.2) is 36.4 Å². The van der Waals surface area contributed by atoms with E-state index in [1.54, 1.807) is 7.11 Å². The Morgan fingerprint density at radius 1 is 1.23 bits per heavy atom. The van der Waals surface area contributed by atoms with Crippen molar-refractivity contribution in [2.75, 3.05) is 17.7 Å². The number of nitrogens with zero attached hydrogens (tertiary/aromatic N) is 1. The molecule has 1 saturated carbocycles. The molecule has 1 aliphatic carbocycles. The van der Waals surface area contributed by atoms with Crippen molar-refractivity contribution in [3.8, 4) is 5.75 Å². The summed E-state index contributed by atoms with van der Waals surface area (Å²) in [5.74, 6) is 0.744. The van der Waals surface area contributed by atoms with Crippen LogP contribution in [0.2, 0.25) is 0 Å². The number of fused-ring (bicyclic) bond motifs is 1. The van der Waals surface area contributed by atoms with Crippen molar-refractivity contribution < 1.29 is 18.9 Å². The highest BCUT2D eigenvalue weighted by Gasteiger charge is 2.33. The number of amides is 3. The van der Waals surface area contributed by atoms with Gasteiger partial charge in [0.05, 0.1) is 12.8 Å². The Bertz CT molecular complexity index is 1050. The van der Waals surface area contributed by atoms with Gasteiger partial charge in [-0.15, -0.1) is 0 Å². The van der Waals surface area contributed by atoms with Crippen molar-refractivity contribution >= 4 is 29.0 Å². The Balaban J connectivity index is 1.44. The van der Waals surface area contributed by atoms with Crippen LogP contribution in [-0.4, -0.2) is 29.3 Å². The third-order valence-corrected chi connectivity index (χ3v) is 6.45. The predicted octanol–water partition coefficient (Wildman–Crippen LogP) is 4.89. The molecule has 2 aromatic carbocycles. The molecule has 2 aliphatic rings. The van der Waals surface area contributed by atoms with E-state index < -0.39 is 0 Å². The summed E-state index contributed by atoms with van der Waals surface area (Å²) in [5.41, 5.74) is 6.29. The average molecular weight is 421 g/mol. The molecule has 1 aliphatic heterocycles. The fourth-order valence-electron chi connectivity index (χ4n) is 4.56. The van der Waals surface area contributed by atoms with Crippen LogP contribution >= 0.6 is 0 Å². The van der Waals surface area contributed by atoms with E-state index in [0.717, 1.165) is 60.5 Å². The minimum atomic E-state index is -0.0644. The van der Waals surface area contributed by atoms with Crippen LogP contribution in [0.4, 0.5) is 16.2 Å². The van der Waals surface area contributed by atoms with E-state index in [2.05, 4.69) is 23.6 Å². The number of nitrogens with one attached hydrogen (secondary N) is 2. The standard InChI is InChI=1S/C25H29N3O3/c1-4-17-6-5-7-22-21(17)15-28(25(30)27-22)20-12-9-18(10-13-20)24(29)26-19-11-8-16(2)23(14-19)31-3/h5-8,11,14,18H,4,9-10,12-13,15H2,1-3H3,(H-,26,27,29,30)/p+1. The van der Waals surface area contributed by atoms with Crippen LogP contribution in [0.5, 0.6) is 5.75 Å². The van der Waals surface area contributed by atoms with Gasteiger partial charge >= 0.3 is 6.03 Å². The second-order valence-corrected chi connectivity index (χ2v) is 8.33. The lowest BCUT2D eigenvalue weighted by molar-refractivity contribution is -0.446. The number of aryl methyl sites for hydroxylation is 2. The third kappa shape index (κ3) is 4.33. The van der Waals surface area contributed by atoms with Crippen LogP contribution in [0.1, 0.15) is 49.3 Å². The highest BCUT2D eigenvalue weighted by molar-refractivity contribution is 5.96. The van der Waals surface area contributed by atoms with Crippen molar-refractivity contribution in [2.24, 2.45) is 5.92 Å². The molecular formula is C25H30N3O3+. The summed E-state index contributed by atoms with van der Waals surface area (Å²) < 4.78 is 7.22. The highest BCUT2D eigenvalue weighted by atomic mass is 16.5. The van der Waals surface area contributed by atoms with Gasteiger partial charge in [0.2, 0.25) is 5.91 Å². The molecule has 4 rings (SSSR count). The topological polar surface area (TPSA) is 70.4 Å². The maximum Gasteiger partial charge on any atom is 0.496 e. The average Bonchev–Trinajstić information content (AvgIpc) is 2.79. The number of carbonyl (C=O) groups is 2. The summed E-state index contributed by atoms with van der Waals surface area (Å²) in [5, 5.41) is 6.06. The molecule has 0 spiro atoms. The summed E-state index contributed by atoms with van der Waals surface area (Å²) in [6.07, 6.45) is 3.94. The molecule has 1 heterocycles. The predicted molar refractivity (Wildman–Crippen MR) is 122 cm³/mol. The Labute approximate surface area is 183 Å². The summed E-state index contributed by atoms with van der Waals surface area (Å²) in [6, 6.07) is 11.7. The van der Waals surface area contributed by atoms with Crippen LogP contribution < -0.4 is 15.4 Å². The second kappa shape index (κ2) is 8.92. The number of methoxy groups -OCH3 is 1. The number of ether oxygens (including phenoxy) is 1. The first-order valence-electron chi connectivity index (χ1n) is 11.0. The Kier molecular flexibility index (Phi) is 6.07. The Morgan fingerprint density at radius 2 is 2.00 bits per heavy atom. The van der Waals surface area contributed by atoms with Gasteiger partial charge in [0, 0.05) is 36.1 Å². The number of hydrogen-bond acceptors (Lipinski definition) is 3. The number of urea groups is 1. The van der Waals surface area contributed by atoms with Crippen molar-refractivity contribution in [3.05, 3.63) is 53.1 Å². The molecule has 0 radical (unpaired) electrons. The first-order valence-corrected chi connectivity index (χ1v) is 11.0. The third-order valence-electron chi connectivity index (χ3n) is 6.45. The number of anilines is 2. The van der Waals surface area contributed by atoms with Gasteiger partial charge in [-0.05, 0) is 49.4 Å². The fourth-order valence-corrected chi connectivity index (χ4v) is 4.56. The number of rotatable bonds is 4. The molecule has 0 atom stereocenters. The lowest BCUT2D eigenvalue weighted by atomic mass is 9.86. The molecule has 6 nitrogen and oxygen atoms in total. The molecule has 0 saturated heterocycles. The van der Waals surface area contributed by atoms with E-state index in [1.165, 1.54) is 11.1 Å². The van der Waals surface area contributed by atoms with E-state index in [0.29, 0.717) is 6.54 Å². The molecule has 0 aromatic heterocycles. The van der Waals surface area contributed by atoms with Crippen molar-refractivity contribution in [1.29, 1.82) is 0 Å². The zero-order valence-corrected chi connectivity index (χ0v) is 18.5. The van der Waals surface area contributed by atoms with Gasteiger partial charge in [-0.25, -0.2) is 5.32 Å². The Hall–Kier alpha value is -3.15. The van der Waals surface area contributed by atoms with Gasteiger partial charge in [0.15, 0.2) is 0 Å². The first kappa shape index (κ1) is 21.1. The van der Waals surface area contributed by atoms with E-state index in [-0.39, 0.29) is 17.9 Å². The van der Waals surface area contributed by atoms with Gasteiger partial charge in [0.1, 0.15) is 18.0 Å². The smallest absolute Gasteiger partial charge is 0.496 e. The van der Waals surface area contributed by atoms with Crippen LogP contribution in [0.25, 0.3) is 0 Å². The monoisotopic (exact) mass is 420 g/mol. The molecule has 6 heteroatoms. The molecule has 31 heavy (non-hydrogen) atoms. The Morgan fingerprint density at radius 3 is 2.71 bits per heavy atom. The molecule has 0 unspecified atom stereocenters. The molecule has 1 fully saturated rings. The number of carbonyl (C=O) groups excluding carboxylic acids is 2. The van der Waals surface area contributed by atoms with E-state index in [1.807, 2.05) is 41.8 Å². The SMILES string of the molecule is CCc1cccc2c1C[N+](=C1CCC(C(=O)Nc3ccc(C)c(OC)c3)CC1)C(=O)N2. The molecule has 2 aromatic rings. The number of hydrogen-bond donors (Lipinski definition) is 2. The lowest BCUT2D eigenvalue weighted by Gasteiger charge is -2.25. The summed E-state index contributed by atoms with van der Waals surface area (Å²) >= 11 is 0. The summed E-state index contributed by atoms with van der Waals surface area (Å²) in [6.45, 7) is 4.72. The van der Waals surface area contributed by atoms with E-state index in [9.17, 15) is 9.59 Å².